The molecule has 0 radical (unpaired) electrons. The lowest BCUT2D eigenvalue weighted by Crippen LogP contribution is -2.12. The molecule has 2 heteroatoms. The summed E-state index contributed by atoms with van der Waals surface area (Å²) in [6.07, 6.45) is 0. The van der Waals surface area contributed by atoms with Gasteiger partial charge in [-0.15, -0.1) is 0 Å². The highest BCUT2D eigenvalue weighted by Gasteiger charge is 2.21. The van der Waals surface area contributed by atoms with Gasteiger partial charge in [-0.3, -0.25) is 0 Å². The van der Waals surface area contributed by atoms with E-state index in [-0.39, 0.29) is 5.41 Å². The van der Waals surface area contributed by atoms with Crippen LogP contribution in [-0.4, -0.2) is 5.11 Å². The first-order valence-corrected chi connectivity index (χ1v) is 5.71. The van der Waals surface area contributed by atoms with Crippen molar-refractivity contribution in [3.63, 3.8) is 0 Å². The minimum atomic E-state index is -0.0714. The Morgan fingerprint density at radius 1 is 1.33 bits per heavy atom. The Bertz CT molecular complexity index is 400. The van der Waals surface area contributed by atoms with Gasteiger partial charge in [-0.1, -0.05) is 43.3 Å². The van der Waals surface area contributed by atoms with Gasteiger partial charge in [0.15, 0.2) is 0 Å². The van der Waals surface area contributed by atoms with E-state index in [1.807, 2.05) is 19.1 Å². The Morgan fingerprint density at radius 3 is 2.27 bits per heavy atom. The van der Waals surface area contributed by atoms with Crippen LogP contribution in [-0.2, 0) is 5.41 Å². The Balaban J connectivity index is 3.49. The highest BCUT2D eigenvalue weighted by molar-refractivity contribution is 9.10. The molecule has 1 rings (SSSR count). The number of hydrogen-bond acceptors (Lipinski definition) is 1. The molecule has 0 unspecified atom stereocenters. The van der Waals surface area contributed by atoms with Gasteiger partial charge in [-0.25, -0.2) is 0 Å². The van der Waals surface area contributed by atoms with Gasteiger partial charge in [0.25, 0.3) is 0 Å². The number of phenols is 1. The van der Waals surface area contributed by atoms with Crippen LogP contribution < -0.4 is 0 Å². The third-order valence-electron chi connectivity index (χ3n) is 2.34. The van der Waals surface area contributed by atoms with Crippen LogP contribution in [0.15, 0.2) is 23.2 Å². The van der Waals surface area contributed by atoms with Crippen molar-refractivity contribution >= 4 is 21.5 Å². The van der Waals surface area contributed by atoms with Crippen LogP contribution in [0.4, 0.5) is 0 Å². The van der Waals surface area contributed by atoms with Gasteiger partial charge >= 0.3 is 0 Å². The molecule has 82 valence electrons. The fourth-order valence-corrected chi connectivity index (χ4v) is 1.95. The minimum absolute atomic E-state index is 0.0714. The number of halogens is 1. The highest BCUT2D eigenvalue weighted by atomic mass is 79.9. The number of benzene rings is 1. The maximum absolute atomic E-state index is 10.1. The fraction of sp³-hybridized carbons (Fsp3) is 0.385. The summed E-state index contributed by atoms with van der Waals surface area (Å²) >= 11 is 3.46. The van der Waals surface area contributed by atoms with E-state index in [0.29, 0.717) is 5.75 Å². The zero-order valence-electron chi connectivity index (χ0n) is 9.69. The standard InChI is InChI=1S/C13H17BrO/c1-8(2)10-6-9(14)7-11(12(10)15)13(3,4)5/h6-7,15H,1H2,2-5H3. The monoisotopic (exact) mass is 268 g/mol. The normalized spacial score (nSPS) is 11.5. The van der Waals surface area contributed by atoms with Crippen LogP contribution in [0.1, 0.15) is 38.8 Å². The van der Waals surface area contributed by atoms with Crippen LogP contribution in [0, 0.1) is 0 Å². The van der Waals surface area contributed by atoms with Gasteiger partial charge in [-0.2, -0.15) is 0 Å². The number of allylic oxidation sites excluding steroid dienone is 1. The Kier molecular flexibility index (Phi) is 3.29. The van der Waals surface area contributed by atoms with E-state index in [1.54, 1.807) is 0 Å². The van der Waals surface area contributed by atoms with Crippen LogP contribution in [0.25, 0.3) is 5.57 Å². The van der Waals surface area contributed by atoms with E-state index in [2.05, 4.69) is 43.3 Å². The smallest absolute Gasteiger partial charge is 0.126 e. The van der Waals surface area contributed by atoms with Crippen LogP contribution in [0.5, 0.6) is 5.75 Å². The van der Waals surface area contributed by atoms with Crippen molar-refractivity contribution in [3.05, 3.63) is 34.3 Å². The third-order valence-corrected chi connectivity index (χ3v) is 2.80. The lowest BCUT2D eigenvalue weighted by Gasteiger charge is -2.22. The van der Waals surface area contributed by atoms with Crippen molar-refractivity contribution in [1.29, 1.82) is 0 Å². The fourth-order valence-electron chi connectivity index (χ4n) is 1.50. The van der Waals surface area contributed by atoms with Gasteiger partial charge < -0.3 is 5.11 Å². The molecule has 0 aliphatic carbocycles. The molecule has 0 saturated heterocycles. The molecule has 0 amide bonds. The summed E-state index contributed by atoms with van der Waals surface area (Å²) < 4.78 is 0.975. The summed E-state index contributed by atoms with van der Waals surface area (Å²) in [5.74, 6) is 0.346. The Morgan fingerprint density at radius 2 is 1.87 bits per heavy atom. The van der Waals surface area contributed by atoms with E-state index in [1.165, 1.54) is 0 Å². The second kappa shape index (κ2) is 4.01. The first kappa shape index (κ1) is 12.3. The molecule has 0 atom stereocenters. The second-order valence-corrected chi connectivity index (χ2v) is 5.80. The quantitative estimate of drug-likeness (QED) is 0.796. The molecule has 0 aliphatic heterocycles. The topological polar surface area (TPSA) is 20.2 Å². The summed E-state index contributed by atoms with van der Waals surface area (Å²) in [6, 6.07) is 3.86. The van der Waals surface area contributed by atoms with E-state index in [9.17, 15) is 5.11 Å². The summed E-state index contributed by atoms with van der Waals surface area (Å²) in [6.45, 7) is 12.0. The number of rotatable bonds is 1. The van der Waals surface area contributed by atoms with E-state index < -0.39 is 0 Å². The minimum Gasteiger partial charge on any atom is -0.507 e. The summed E-state index contributed by atoms with van der Waals surface area (Å²) in [5.41, 5.74) is 2.56. The van der Waals surface area contributed by atoms with Crippen molar-refractivity contribution in [2.75, 3.05) is 0 Å². The molecule has 0 heterocycles. The summed E-state index contributed by atoms with van der Waals surface area (Å²) in [7, 11) is 0. The average Bonchev–Trinajstić information content (AvgIpc) is 2.06. The summed E-state index contributed by atoms with van der Waals surface area (Å²) in [5, 5.41) is 10.1. The zero-order chi connectivity index (χ0) is 11.8. The zero-order valence-corrected chi connectivity index (χ0v) is 11.3. The molecule has 1 N–H and O–H groups in total. The summed E-state index contributed by atoms with van der Waals surface area (Å²) in [4.78, 5) is 0. The molecule has 15 heavy (non-hydrogen) atoms. The van der Waals surface area contributed by atoms with Gasteiger partial charge in [0, 0.05) is 15.6 Å². The van der Waals surface area contributed by atoms with Crippen molar-refractivity contribution in [3.8, 4) is 5.75 Å². The molecule has 1 aromatic carbocycles. The Hall–Kier alpha value is -0.760. The van der Waals surface area contributed by atoms with Crippen LogP contribution in [0.3, 0.4) is 0 Å². The maximum atomic E-state index is 10.1. The second-order valence-electron chi connectivity index (χ2n) is 4.88. The molecular formula is C13H17BrO. The lowest BCUT2D eigenvalue weighted by molar-refractivity contribution is 0.445. The van der Waals surface area contributed by atoms with Crippen molar-refractivity contribution < 1.29 is 5.11 Å². The van der Waals surface area contributed by atoms with Crippen molar-refractivity contribution in [2.45, 2.75) is 33.1 Å². The highest BCUT2D eigenvalue weighted by Crippen LogP contribution is 2.38. The maximum Gasteiger partial charge on any atom is 0.126 e. The van der Waals surface area contributed by atoms with Crippen LogP contribution in [0.2, 0.25) is 0 Å². The molecular weight excluding hydrogens is 252 g/mol. The molecule has 0 saturated carbocycles. The SMILES string of the molecule is C=C(C)c1cc(Br)cc(C(C)(C)C)c1O. The van der Waals surface area contributed by atoms with Crippen LogP contribution >= 0.6 is 15.9 Å². The first-order valence-electron chi connectivity index (χ1n) is 4.92. The molecule has 1 aromatic rings. The molecule has 0 aromatic heterocycles. The largest absolute Gasteiger partial charge is 0.507 e. The molecule has 0 aliphatic rings. The predicted octanol–water partition coefficient (Wildman–Crippen LogP) is 4.49. The third kappa shape index (κ3) is 2.63. The number of phenolic OH excluding ortho intramolecular Hbond substituents is 1. The number of aromatic hydroxyl groups is 1. The van der Waals surface area contributed by atoms with E-state index in [0.717, 1.165) is 21.2 Å². The van der Waals surface area contributed by atoms with E-state index in [4.69, 9.17) is 0 Å². The average molecular weight is 269 g/mol. The van der Waals surface area contributed by atoms with E-state index >= 15 is 0 Å². The number of hydrogen-bond donors (Lipinski definition) is 1. The van der Waals surface area contributed by atoms with Crippen molar-refractivity contribution in [2.24, 2.45) is 0 Å². The molecule has 1 nitrogen and oxygen atoms in total. The van der Waals surface area contributed by atoms with Gasteiger partial charge in [0.05, 0.1) is 0 Å². The molecule has 0 bridgehead atoms. The predicted molar refractivity (Wildman–Crippen MR) is 69.2 cm³/mol. The van der Waals surface area contributed by atoms with Gasteiger partial charge in [0.2, 0.25) is 0 Å². The van der Waals surface area contributed by atoms with Crippen molar-refractivity contribution in [1.82, 2.24) is 0 Å². The lowest BCUT2D eigenvalue weighted by atomic mass is 9.84. The Labute approximate surface area is 100.0 Å². The van der Waals surface area contributed by atoms with Gasteiger partial charge in [-0.05, 0) is 30.0 Å². The molecule has 0 spiro atoms. The molecule has 0 fully saturated rings. The first-order chi connectivity index (χ1) is 6.73. The van der Waals surface area contributed by atoms with Gasteiger partial charge in [0.1, 0.15) is 5.75 Å².